The highest BCUT2D eigenvalue weighted by atomic mass is 32.1. The minimum absolute atomic E-state index is 0.223. The van der Waals surface area contributed by atoms with Crippen molar-refractivity contribution >= 4 is 17.2 Å². The van der Waals surface area contributed by atoms with Gasteiger partial charge in [-0.1, -0.05) is 0 Å². The second-order valence-corrected chi connectivity index (χ2v) is 6.00. The Morgan fingerprint density at radius 1 is 1.67 bits per heavy atom. The Morgan fingerprint density at radius 2 is 2.50 bits per heavy atom. The number of carbonyl (C=O) groups is 1. The molecule has 4 nitrogen and oxygen atoms in total. The number of nitrogens with one attached hydrogen (secondary N) is 1. The summed E-state index contributed by atoms with van der Waals surface area (Å²) < 4.78 is 0. The van der Waals surface area contributed by atoms with Crippen LogP contribution in [0.25, 0.3) is 0 Å². The van der Waals surface area contributed by atoms with Crippen molar-refractivity contribution in [1.82, 2.24) is 15.2 Å². The standard InChI is InChI=1S/C13H21N3OS/c1-10-15-12(9-18-10)6-13(17)16-5-3-4-11(8-16)7-14-2/h9,11,14H,3-8H2,1-2H3. The lowest BCUT2D eigenvalue weighted by molar-refractivity contribution is -0.132. The Kier molecular flexibility index (Phi) is 4.72. The Morgan fingerprint density at radius 3 is 3.17 bits per heavy atom. The van der Waals surface area contributed by atoms with Crippen molar-refractivity contribution in [2.75, 3.05) is 26.7 Å². The zero-order valence-corrected chi connectivity index (χ0v) is 11.9. The number of aryl methyl sites for hydroxylation is 1. The first-order chi connectivity index (χ1) is 8.69. The molecule has 0 bridgehead atoms. The van der Waals surface area contributed by atoms with Gasteiger partial charge in [0.25, 0.3) is 0 Å². The van der Waals surface area contributed by atoms with E-state index >= 15 is 0 Å². The number of carbonyl (C=O) groups excluding carboxylic acids is 1. The summed E-state index contributed by atoms with van der Waals surface area (Å²) in [4.78, 5) is 18.6. The second kappa shape index (κ2) is 6.29. The van der Waals surface area contributed by atoms with E-state index in [1.807, 2.05) is 24.3 Å². The van der Waals surface area contributed by atoms with Crippen LogP contribution in [0.1, 0.15) is 23.5 Å². The van der Waals surface area contributed by atoms with Gasteiger partial charge in [-0.3, -0.25) is 4.79 Å². The van der Waals surface area contributed by atoms with E-state index in [9.17, 15) is 4.79 Å². The van der Waals surface area contributed by atoms with Crippen LogP contribution in [-0.2, 0) is 11.2 Å². The number of nitrogens with zero attached hydrogens (tertiary/aromatic N) is 2. The summed E-state index contributed by atoms with van der Waals surface area (Å²) in [6.07, 6.45) is 2.80. The predicted octanol–water partition coefficient (Wildman–Crippen LogP) is 1.45. The van der Waals surface area contributed by atoms with Crippen LogP contribution in [0.3, 0.4) is 0 Å². The number of hydrogen-bond donors (Lipinski definition) is 1. The summed E-state index contributed by atoms with van der Waals surface area (Å²) in [7, 11) is 1.97. The summed E-state index contributed by atoms with van der Waals surface area (Å²) >= 11 is 1.61. The van der Waals surface area contributed by atoms with E-state index in [1.54, 1.807) is 11.3 Å². The Labute approximate surface area is 112 Å². The molecular formula is C13H21N3OS. The second-order valence-electron chi connectivity index (χ2n) is 4.94. The van der Waals surface area contributed by atoms with Crippen molar-refractivity contribution in [3.63, 3.8) is 0 Å². The minimum Gasteiger partial charge on any atom is -0.342 e. The molecule has 1 unspecified atom stereocenters. The predicted molar refractivity (Wildman–Crippen MR) is 73.8 cm³/mol. The Hall–Kier alpha value is -0.940. The molecule has 0 saturated carbocycles. The lowest BCUT2D eigenvalue weighted by Gasteiger charge is -2.32. The molecular weight excluding hydrogens is 246 g/mol. The number of piperidine rings is 1. The van der Waals surface area contributed by atoms with Crippen LogP contribution in [0, 0.1) is 12.8 Å². The molecule has 1 aromatic rings. The van der Waals surface area contributed by atoms with Crippen molar-refractivity contribution in [2.45, 2.75) is 26.2 Å². The number of amides is 1. The van der Waals surface area contributed by atoms with E-state index in [4.69, 9.17) is 0 Å². The third kappa shape index (κ3) is 3.53. The number of thiazole rings is 1. The van der Waals surface area contributed by atoms with E-state index in [1.165, 1.54) is 6.42 Å². The maximum Gasteiger partial charge on any atom is 0.228 e. The lowest BCUT2D eigenvalue weighted by Crippen LogP contribution is -2.43. The third-order valence-corrected chi connectivity index (χ3v) is 4.19. The molecule has 1 aromatic heterocycles. The number of aromatic nitrogens is 1. The third-order valence-electron chi connectivity index (χ3n) is 3.36. The first-order valence-electron chi connectivity index (χ1n) is 6.52. The van der Waals surface area contributed by atoms with E-state index in [0.717, 1.165) is 36.8 Å². The molecule has 2 rings (SSSR count). The molecule has 2 heterocycles. The van der Waals surface area contributed by atoms with Gasteiger partial charge in [-0.25, -0.2) is 4.98 Å². The van der Waals surface area contributed by atoms with Gasteiger partial charge >= 0.3 is 0 Å². The summed E-state index contributed by atoms with van der Waals surface area (Å²) in [6, 6.07) is 0. The Bertz CT molecular complexity index is 403. The molecule has 1 fully saturated rings. The van der Waals surface area contributed by atoms with Gasteiger partial charge in [-0.05, 0) is 39.3 Å². The topological polar surface area (TPSA) is 45.2 Å². The fourth-order valence-electron chi connectivity index (χ4n) is 2.50. The van der Waals surface area contributed by atoms with Crippen molar-refractivity contribution < 1.29 is 4.79 Å². The van der Waals surface area contributed by atoms with Gasteiger partial charge in [-0.15, -0.1) is 11.3 Å². The van der Waals surface area contributed by atoms with E-state index in [2.05, 4.69) is 10.3 Å². The molecule has 1 amide bonds. The van der Waals surface area contributed by atoms with Crippen LogP contribution in [0.15, 0.2) is 5.38 Å². The van der Waals surface area contributed by atoms with E-state index < -0.39 is 0 Å². The number of likely N-dealkylation sites (tertiary alicyclic amines) is 1. The maximum atomic E-state index is 12.2. The first-order valence-corrected chi connectivity index (χ1v) is 7.40. The summed E-state index contributed by atoms with van der Waals surface area (Å²) in [5.41, 5.74) is 0.915. The zero-order valence-electron chi connectivity index (χ0n) is 11.1. The molecule has 0 spiro atoms. The summed E-state index contributed by atoms with van der Waals surface area (Å²) in [5, 5.41) is 6.22. The van der Waals surface area contributed by atoms with Gasteiger partial charge < -0.3 is 10.2 Å². The van der Waals surface area contributed by atoms with Crippen LogP contribution in [0.5, 0.6) is 0 Å². The molecule has 18 heavy (non-hydrogen) atoms. The molecule has 0 radical (unpaired) electrons. The van der Waals surface area contributed by atoms with Crippen LogP contribution < -0.4 is 5.32 Å². The molecule has 1 N–H and O–H groups in total. The van der Waals surface area contributed by atoms with Crippen LogP contribution in [0.4, 0.5) is 0 Å². The Balaban J connectivity index is 1.88. The van der Waals surface area contributed by atoms with Gasteiger partial charge in [0, 0.05) is 18.5 Å². The van der Waals surface area contributed by atoms with Crippen molar-refractivity contribution in [1.29, 1.82) is 0 Å². The van der Waals surface area contributed by atoms with Crippen molar-refractivity contribution in [2.24, 2.45) is 5.92 Å². The SMILES string of the molecule is CNCC1CCCN(C(=O)Cc2csc(C)n2)C1. The molecule has 5 heteroatoms. The van der Waals surface area contributed by atoms with Crippen LogP contribution in [0.2, 0.25) is 0 Å². The average Bonchev–Trinajstić information content (AvgIpc) is 2.75. The fourth-order valence-corrected chi connectivity index (χ4v) is 3.12. The van der Waals surface area contributed by atoms with Gasteiger partial charge in [0.2, 0.25) is 5.91 Å². The maximum absolute atomic E-state index is 12.2. The number of hydrogen-bond acceptors (Lipinski definition) is 4. The summed E-state index contributed by atoms with van der Waals surface area (Å²) in [6.45, 7) is 4.77. The summed E-state index contributed by atoms with van der Waals surface area (Å²) in [5.74, 6) is 0.825. The zero-order chi connectivity index (χ0) is 13.0. The molecule has 1 atom stereocenters. The molecule has 1 aliphatic rings. The molecule has 100 valence electrons. The van der Waals surface area contributed by atoms with Gasteiger partial charge in [0.05, 0.1) is 17.1 Å². The van der Waals surface area contributed by atoms with Gasteiger partial charge in [-0.2, -0.15) is 0 Å². The highest BCUT2D eigenvalue weighted by molar-refractivity contribution is 7.09. The smallest absolute Gasteiger partial charge is 0.228 e. The molecule has 1 aliphatic heterocycles. The van der Waals surface area contributed by atoms with Crippen LogP contribution >= 0.6 is 11.3 Å². The minimum atomic E-state index is 0.223. The van der Waals surface area contributed by atoms with E-state index in [0.29, 0.717) is 12.3 Å². The average molecular weight is 267 g/mol. The van der Waals surface area contributed by atoms with Gasteiger partial charge in [0.1, 0.15) is 0 Å². The van der Waals surface area contributed by atoms with Crippen molar-refractivity contribution in [3.8, 4) is 0 Å². The first kappa shape index (κ1) is 13.5. The molecule has 0 aromatic carbocycles. The molecule has 0 aliphatic carbocycles. The monoisotopic (exact) mass is 267 g/mol. The lowest BCUT2D eigenvalue weighted by atomic mass is 9.98. The number of rotatable bonds is 4. The van der Waals surface area contributed by atoms with E-state index in [-0.39, 0.29) is 5.91 Å². The molecule has 1 saturated heterocycles. The normalized spacial score (nSPS) is 20.1. The van der Waals surface area contributed by atoms with Crippen LogP contribution in [-0.4, -0.2) is 42.5 Å². The quantitative estimate of drug-likeness (QED) is 0.898. The highest BCUT2D eigenvalue weighted by Crippen LogP contribution is 2.17. The fraction of sp³-hybridized carbons (Fsp3) is 0.692. The largest absolute Gasteiger partial charge is 0.342 e. The highest BCUT2D eigenvalue weighted by Gasteiger charge is 2.23. The van der Waals surface area contributed by atoms with Crippen molar-refractivity contribution in [3.05, 3.63) is 16.1 Å². The van der Waals surface area contributed by atoms with Gasteiger partial charge in [0.15, 0.2) is 0 Å².